The summed E-state index contributed by atoms with van der Waals surface area (Å²) in [6.45, 7) is 0.726. The number of rotatable bonds is 3. The Hall–Kier alpha value is -1.68. The second-order valence-electron chi connectivity index (χ2n) is 3.68. The summed E-state index contributed by atoms with van der Waals surface area (Å²) >= 11 is 0. The van der Waals surface area contributed by atoms with Crippen molar-refractivity contribution in [1.29, 1.82) is 0 Å². The van der Waals surface area contributed by atoms with Crippen molar-refractivity contribution < 1.29 is 4.39 Å². The van der Waals surface area contributed by atoms with Crippen molar-refractivity contribution in [1.82, 2.24) is 10.3 Å². The Labute approximate surface area is 92.3 Å². The molecule has 0 aliphatic heterocycles. The van der Waals surface area contributed by atoms with Crippen molar-refractivity contribution in [2.24, 2.45) is 0 Å². The minimum absolute atomic E-state index is 0.215. The van der Waals surface area contributed by atoms with Gasteiger partial charge in [0.1, 0.15) is 5.82 Å². The molecular formula is C12H13FN2O. The Balaban J connectivity index is 2.54. The summed E-state index contributed by atoms with van der Waals surface area (Å²) in [4.78, 5) is 14.2. The van der Waals surface area contributed by atoms with Crippen LogP contribution in [-0.2, 0) is 6.42 Å². The number of benzene rings is 1. The van der Waals surface area contributed by atoms with Crippen LogP contribution in [0, 0.1) is 5.82 Å². The minimum atomic E-state index is -0.394. The van der Waals surface area contributed by atoms with Crippen LogP contribution in [0.2, 0.25) is 0 Å². The van der Waals surface area contributed by atoms with Crippen LogP contribution >= 0.6 is 0 Å². The van der Waals surface area contributed by atoms with Crippen molar-refractivity contribution in [3.8, 4) is 0 Å². The van der Waals surface area contributed by atoms with Gasteiger partial charge in [-0.25, -0.2) is 4.39 Å². The summed E-state index contributed by atoms with van der Waals surface area (Å²) in [5.74, 6) is -0.394. The highest BCUT2D eigenvalue weighted by Crippen LogP contribution is 2.14. The van der Waals surface area contributed by atoms with Crippen LogP contribution in [0.5, 0.6) is 0 Å². The number of pyridine rings is 1. The average Bonchev–Trinajstić information content (AvgIpc) is 2.28. The molecule has 0 fully saturated rings. The molecule has 1 heterocycles. The highest BCUT2D eigenvalue weighted by molar-refractivity contribution is 5.79. The summed E-state index contributed by atoms with van der Waals surface area (Å²) in [5.41, 5.74) is 0.737. The molecule has 2 N–H and O–H groups in total. The first-order valence-corrected chi connectivity index (χ1v) is 5.17. The number of fused-ring (bicyclic) bond motifs is 1. The van der Waals surface area contributed by atoms with Crippen LogP contribution in [0.4, 0.5) is 4.39 Å². The van der Waals surface area contributed by atoms with Crippen molar-refractivity contribution in [2.75, 3.05) is 13.6 Å². The molecule has 0 atom stereocenters. The molecule has 0 saturated heterocycles. The van der Waals surface area contributed by atoms with Crippen LogP contribution in [-0.4, -0.2) is 18.6 Å². The van der Waals surface area contributed by atoms with Crippen molar-refractivity contribution in [3.63, 3.8) is 0 Å². The summed E-state index contributed by atoms with van der Waals surface area (Å²) in [5, 5.41) is 3.70. The first kappa shape index (κ1) is 10.8. The molecule has 2 rings (SSSR count). The van der Waals surface area contributed by atoms with Gasteiger partial charge in [-0.2, -0.15) is 0 Å². The number of hydrogen-bond donors (Lipinski definition) is 2. The maximum Gasteiger partial charge on any atom is 0.251 e. The number of nitrogens with one attached hydrogen (secondary N) is 2. The lowest BCUT2D eigenvalue weighted by atomic mass is 10.1. The molecular weight excluding hydrogens is 207 g/mol. The van der Waals surface area contributed by atoms with Gasteiger partial charge in [0.05, 0.1) is 5.52 Å². The lowest BCUT2D eigenvalue weighted by molar-refractivity contribution is 0.636. The molecule has 0 spiro atoms. The van der Waals surface area contributed by atoms with E-state index in [1.807, 2.05) is 7.05 Å². The number of halogens is 1. The number of hydrogen-bond acceptors (Lipinski definition) is 2. The van der Waals surface area contributed by atoms with Gasteiger partial charge >= 0.3 is 0 Å². The summed E-state index contributed by atoms with van der Waals surface area (Å²) in [6.07, 6.45) is 0.637. The maximum absolute atomic E-state index is 13.4. The number of H-pyrrole nitrogens is 1. The fraction of sp³-hybridized carbons (Fsp3) is 0.250. The first-order valence-electron chi connectivity index (χ1n) is 5.17. The molecule has 4 heteroatoms. The molecule has 0 saturated carbocycles. The molecule has 1 aromatic carbocycles. The number of likely N-dealkylation sites (N-methyl/N-ethyl adjacent to an activating group) is 1. The third kappa shape index (κ3) is 1.97. The molecule has 3 nitrogen and oxygen atoms in total. The molecule has 0 aliphatic rings. The second kappa shape index (κ2) is 4.45. The normalized spacial score (nSPS) is 10.9. The topological polar surface area (TPSA) is 44.9 Å². The molecule has 16 heavy (non-hydrogen) atoms. The van der Waals surface area contributed by atoms with E-state index in [1.165, 1.54) is 6.07 Å². The van der Waals surface area contributed by atoms with E-state index in [0.29, 0.717) is 12.0 Å². The Kier molecular flexibility index (Phi) is 3.01. The van der Waals surface area contributed by atoms with Crippen LogP contribution in [0.25, 0.3) is 10.9 Å². The number of aromatic amines is 1. The summed E-state index contributed by atoms with van der Waals surface area (Å²) in [7, 11) is 1.83. The van der Waals surface area contributed by atoms with E-state index in [1.54, 1.807) is 18.2 Å². The standard InChI is InChI=1S/C12H13FN2O/c1-14-6-5-9-7-8-3-2-4-10(13)11(8)15-12(9)16/h2-4,7,14H,5-6H2,1H3,(H,15,16). The number of para-hydroxylation sites is 1. The van der Waals surface area contributed by atoms with Crippen LogP contribution in [0.1, 0.15) is 5.56 Å². The SMILES string of the molecule is CNCCc1cc2cccc(F)c2[nH]c1=O. The van der Waals surface area contributed by atoms with Crippen LogP contribution in [0.15, 0.2) is 29.1 Å². The van der Waals surface area contributed by atoms with E-state index in [0.717, 1.165) is 11.9 Å². The van der Waals surface area contributed by atoms with Gasteiger partial charge in [-0.15, -0.1) is 0 Å². The number of aromatic nitrogens is 1. The van der Waals surface area contributed by atoms with Gasteiger partial charge in [0, 0.05) is 10.9 Å². The zero-order valence-corrected chi connectivity index (χ0v) is 9.01. The molecule has 0 aliphatic carbocycles. The van der Waals surface area contributed by atoms with E-state index in [2.05, 4.69) is 10.3 Å². The molecule has 0 unspecified atom stereocenters. The minimum Gasteiger partial charge on any atom is -0.319 e. The molecule has 1 aromatic heterocycles. The van der Waals surface area contributed by atoms with Gasteiger partial charge in [0.2, 0.25) is 0 Å². The maximum atomic E-state index is 13.4. The van der Waals surface area contributed by atoms with Gasteiger partial charge < -0.3 is 10.3 Å². The Morgan fingerprint density at radius 1 is 1.44 bits per heavy atom. The third-order valence-electron chi connectivity index (χ3n) is 2.55. The van der Waals surface area contributed by atoms with E-state index in [9.17, 15) is 9.18 Å². The Morgan fingerprint density at radius 3 is 3.00 bits per heavy atom. The lowest BCUT2D eigenvalue weighted by Crippen LogP contribution is -2.18. The van der Waals surface area contributed by atoms with E-state index >= 15 is 0 Å². The van der Waals surface area contributed by atoms with E-state index < -0.39 is 5.82 Å². The zero-order valence-electron chi connectivity index (χ0n) is 9.01. The van der Waals surface area contributed by atoms with Gasteiger partial charge in [0.15, 0.2) is 0 Å². The molecule has 2 aromatic rings. The quantitative estimate of drug-likeness (QED) is 0.821. The van der Waals surface area contributed by atoms with Gasteiger partial charge in [-0.05, 0) is 32.1 Å². The zero-order chi connectivity index (χ0) is 11.5. The Bertz CT molecular complexity index is 562. The van der Waals surface area contributed by atoms with Gasteiger partial charge in [-0.1, -0.05) is 12.1 Å². The predicted octanol–water partition coefficient (Wildman–Crippen LogP) is 1.43. The molecule has 0 radical (unpaired) electrons. The Morgan fingerprint density at radius 2 is 2.25 bits per heavy atom. The fourth-order valence-corrected chi connectivity index (χ4v) is 1.69. The van der Waals surface area contributed by atoms with E-state index in [-0.39, 0.29) is 11.1 Å². The highest BCUT2D eigenvalue weighted by atomic mass is 19.1. The second-order valence-corrected chi connectivity index (χ2v) is 3.68. The van der Waals surface area contributed by atoms with Gasteiger partial charge in [-0.3, -0.25) is 4.79 Å². The smallest absolute Gasteiger partial charge is 0.251 e. The third-order valence-corrected chi connectivity index (χ3v) is 2.55. The van der Waals surface area contributed by atoms with Crippen LogP contribution < -0.4 is 10.9 Å². The van der Waals surface area contributed by atoms with Gasteiger partial charge in [0.25, 0.3) is 5.56 Å². The lowest BCUT2D eigenvalue weighted by Gasteiger charge is -2.03. The highest BCUT2D eigenvalue weighted by Gasteiger charge is 2.05. The summed E-state index contributed by atoms with van der Waals surface area (Å²) in [6, 6.07) is 6.51. The van der Waals surface area contributed by atoms with Crippen molar-refractivity contribution >= 4 is 10.9 Å². The monoisotopic (exact) mass is 220 g/mol. The average molecular weight is 220 g/mol. The van der Waals surface area contributed by atoms with Crippen LogP contribution in [0.3, 0.4) is 0 Å². The summed E-state index contributed by atoms with van der Waals surface area (Å²) < 4.78 is 13.4. The molecule has 0 amide bonds. The van der Waals surface area contributed by atoms with Crippen molar-refractivity contribution in [3.05, 3.63) is 46.0 Å². The molecule has 0 bridgehead atoms. The fourth-order valence-electron chi connectivity index (χ4n) is 1.69. The largest absolute Gasteiger partial charge is 0.319 e. The molecule has 84 valence electrons. The predicted molar refractivity (Wildman–Crippen MR) is 62.2 cm³/mol. The van der Waals surface area contributed by atoms with Crippen molar-refractivity contribution in [2.45, 2.75) is 6.42 Å². The van der Waals surface area contributed by atoms with E-state index in [4.69, 9.17) is 0 Å². The first-order chi connectivity index (χ1) is 7.72.